The molecule has 10 N–H and O–H groups in total. The smallest absolute Gasteiger partial charge is 0.187 e. The fraction of sp³-hybridized carbons (Fsp3) is 0.854. The molecule has 0 amide bonds. The van der Waals surface area contributed by atoms with E-state index in [9.17, 15) is 51.1 Å². The molecule has 14 heteroatoms. The lowest BCUT2D eigenvalue weighted by Gasteiger charge is -2.58. The van der Waals surface area contributed by atoms with Gasteiger partial charge >= 0.3 is 0 Å². The average molecular weight is 783 g/mol. The van der Waals surface area contributed by atoms with Crippen LogP contribution in [-0.4, -0.2) is 145 Å². The standard InChI is InChI=1S/C41H66O14/c1-19(21(3)17-52-38-37(51)35(49)33(47)30(55-38)18-53-39-36(50)34(48)32(46)29(16-42)54-39)12-23(43)13-20(2)26-8-9-27-25-7-6-22-14-24(44)15-31(45)41(22,5)28(25)10-11-40(26,27)4/h6,15,20,23,25-39,42-51H,7-14,16-18H2,1-5H3/b21-19-/t20-,23+,25-,26?,27-,28-,29+,30-,31+,32+,33-,34-,35+,36+,37-,38?,39+,40+,41+/m0/s1. The molecule has 4 fully saturated rings. The first-order valence-electron chi connectivity index (χ1n) is 20.3. The molecule has 6 aliphatic rings. The highest BCUT2D eigenvalue weighted by atomic mass is 16.7. The maximum absolute atomic E-state index is 11.3. The maximum Gasteiger partial charge on any atom is 0.187 e. The van der Waals surface area contributed by atoms with Gasteiger partial charge in [-0.05, 0) is 105 Å². The molecule has 0 aromatic carbocycles. The Morgan fingerprint density at radius 2 is 1.47 bits per heavy atom. The Hall–Kier alpha value is -1.50. The first-order chi connectivity index (χ1) is 25.9. The Labute approximate surface area is 324 Å². The zero-order valence-electron chi connectivity index (χ0n) is 32.9. The maximum atomic E-state index is 11.3. The molecule has 0 aromatic heterocycles. The van der Waals surface area contributed by atoms with Crippen molar-refractivity contribution in [2.75, 3.05) is 19.8 Å². The van der Waals surface area contributed by atoms with E-state index in [2.05, 4.69) is 26.8 Å². The number of aliphatic hydroxyl groups excluding tert-OH is 10. The quantitative estimate of drug-likeness (QED) is 0.126. The molecular formula is C41H66O14. The van der Waals surface area contributed by atoms with E-state index in [1.165, 1.54) is 5.57 Å². The van der Waals surface area contributed by atoms with E-state index in [4.69, 9.17) is 18.9 Å². The molecule has 2 saturated heterocycles. The topological polar surface area (TPSA) is 239 Å². The van der Waals surface area contributed by atoms with Gasteiger partial charge in [-0.2, -0.15) is 0 Å². The van der Waals surface area contributed by atoms with Crippen molar-refractivity contribution in [1.82, 2.24) is 0 Å². The molecule has 0 spiro atoms. The van der Waals surface area contributed by atoms with Gasteiger partial charge < -0.3 is 70.0 Å². The fourth-order valence-electron chi connectivity index (χ4n) is 11.5. The number of aliphatic hydroxyl groups is 10. The fourth-order valence-corrected chi connectivity index (χ4v) is 11.5. The van der Waals surface area contributed by atoms with E-state index in [1.54, 1.807) is 6.08 Å². The summed E-state index contributed by atoms with van der Waals surface area (Å²) < 4.78 is 22.5. The molecule has 0 aromatic rings. The van der Waals surface area contributed by atoms with Crippen LogP contribution in [0, 0.1) is 40.4 Å². The molecule has 14 nitrogen and oxygen atoms in total. The third kappa shape index (κ3) is 8.11. The van der Waals surface area contributed by atoms with Gasteiger partial charge in [0.1, 0.15) is 48.8 Å². The highest BCUT2D eigenvalue weighted by Crippen LogP contribution is 2.67. The van der Waals surface area contributed by atoms with Gasteiger partial charge in [-0.3, -0.25) is 0 Å². The zero-order valence-corrected chi connectivity index (χ0v) is 32.9. The van der Waals surface area contributed by atoms with Crippen LogP contribution in [0.5, 0.6) is 0 Å². The summed E-state index contributed by atoms with van der Waals surface area (Å²) in [5.74, 6) is 2.47. The predicted octanol–water partition coefficient (Wildman–Crippen LogP) is 1.34. The summed E-state index contributed by atoms with van der Waals surface area (Å²) in [7, 11) is 0. The van der Waals surface area contributed by atoms with E-state index in [0.29, 0.717) is 48.9 Å². The molecule has 0 radical (unpaired) electrons. The van der Waals surface area contributed by atoms with Crippen LogP contribution in [-0.2, 0) is 18.9 Å². The van der Waals surface area contributed by atoms with Gasteiger partial charge in [0.2, 0.25) is 0 Å². The van der Waals surface area contributed by atoms with E-state index in [-0.39, 0.29) is 23.2 Å². The Balaban J connectivity index is 1.00. The Kier molecular flexibility index (Phi) is 13.3. The van der Waals surface area contributed by atoms with Gasteiger partial charge in [-0.15, -0.1) is 0 Å². The third-order valence-electron chi connectivity index (χ3n) is 15.0. The summed E-state index contributed by atoms with van der Waals surface area (Å²) in [5.41, 5.74) is 2.74. The second kappa shape index (κ2) is 17.0. The van der Waals surface area contributed by atoms with E-state index in [0.717, 1.165) is 43.3 Å². The van der Waals surface area contributed by atoms with Crippen LogP contribution in [0.15, 0.2) is 34.6 Å². The second-order valence-corrected chi connectivity index (χ2v) is 18.1. The summed E-state index contributed by atoms with van der Waals surface area (Å²) in [6.07, 6.45) is -5.23. The van der Waals surface area contributed by atoms with Gasteiger partial charge in [0.15, 0.2) is 12.6 Å². The number of rotatable bonds is 12. The summed E-state index contributed by atoms with van der Waals surface area (Å²) >= 11 is 0. The van der Waals surface area contributed by atoms with Crippen LogP contribution in [0.4, 0.5) is 0 Å². The third-order valence-corrected chi connectivity index (χ3v) is 15.0. The summed E-state index contributed by atoms with van der Waals surface area (Å²) in [6, 6.07) is 0. The molecule has 6 rings (SSSR count). The van der Waals surface area contributed by atoms with Gasteiger partial charge in [0.05, 0.1) is 37.8 Å². The van der Waals surface area contributed by atoms with Gasteiger partial charge in [-0.1, -0.05) is 38.0 Å². The van der Waals surface area contributed by atoms with E-state index < -0.39 is 86.8 Å². The Bertz CT molecular complexity index is 1430. The lowest BCUT2D eigenvalue weighted by atomic mass is 9.47. The minimum atomic E-state index is -1.66. The predicted molar refractivity (Wildman–Crippen MR) is 198 cm³/mol. The van der Waals surface area contributed by atoms with Crippen molar-refractivity contribution in [1.29, 1.82) is 0 Å². The van der Waals surface area contributed by atoms with Crippen LogP contribution in [0.3, 0.4) is 0 Å². The van der Waals surface area contributed by atoms with Crippen LogP contribution in [0.1, 0.15) is 86.0 Å². The Morgan fingerprint density at radius 3 is 2.15 bits per heavy atom. The molecule has 2 unspecified atom stereocenters. The normalized spacial score (nSPS) is 47.4. The van der Waals surface area contributed by atoms with E-state index in [1.807, 2.05) is 13.8 Å². The molecule has 2 aliphatic heterocycles. The lowest BCUT2D eigenvalue weighted by molar-refractivity contribution is -0.330. The first kappa shape index (κ1) is 43.1. The number of allylic oxidation sites excluding steroid dienone is 2. The molecule has 2 heterocycles. The first-order valence-corrected chi connectivity index (χ1v) is 20.3. The number of ether oxygens (including phenoxy) is 4. The minimum absolute atomic E-state index is 0.0169. The largest absolute Gasteiger partial charge is 0.512 e. The monoisotopic (exact) mass is 782 g/mol. The molecule has 0 bridgehead atoms. The average Bonchev–Trinajstić information content (AvgIpc) is 3.50. The van der Waals surface area contributed by atoms with Crippen molar-refractivity contribution in [3.05, 3.63) is 34.6 Å². The van der Waals surface area contributed by atoms with Gasteiger partial charge in [0.25, 0.3) is 0 Å². The van der Waals surface area contributed by atoms with Crippen molar-refractivity contribution in [3.63, 3.8) is 0 Å². The van der Waals surface area contributed by atoms with Crippen molar-refractivity contribution < 1.29 is 70.0 Å². The molecule has 2 saturated carbocycles. The van der Waals surface area contributed by atoms with Crippen molar-refractivity contribution in [3.8, 4) is 0 Å². The van der Waals surface area contributed by atoms with Crippen molar-refractivity contribution >= 4 is 0 Å². The second-order valence-electron chi connectivity index (χ2n) is 18.1. The zero-order chi connectivity index (χ0) is 40.1. The van der Waals surface area contributed by atoms with Crippen molar-refractivity contribution in [2.45, 2.75) is 160 Å². The highest BCUT2D eigenvalue weighted by Gasteiger charge is 2.60. The molecule has 314 valence electrons. The minimum Gasteiger partial charge on any atom is -0.512 e. The van der Waals surface area contributed by atoms with Crippen LogP contribution in [0.2, 0.25) is 0 Å². The number of hydrogen-bond donors (Lipinski definition) is 10. The lowest BCUT2D eigenvalue weighted by Crippen LogP contribution is -2.61. The van der Waals surface area contributed by atoms with Gasteiger partial charge in [-0.25, -0.2) is 0 Å². The van der Waals surface area contributed by atoms with Crippen LogP contribution >= 0.6 is 0 Å². The Morgan fingerprint density at radius 1 is 0.836 bits per heavy atom. The van der Waals surface area contributed by atoms with Crippen molar-refractivity contribution in [2.24, 2.45) is 40.4 Å². The SMILES string of the molecule is C/C(COC1O[C@@H](CO[C@@H]2O[C@H](CO)[C@@H](O)[C@H](O)[C@H]2O)[C@H](O)[C@@H](O)[C@@H]1O)=C(\C)C[C@@H](O)C[C@H](C)C1CC[C@H]2[C@@H]3CC=C4CC(O)=C[C@@H](O)[C@@]4(C)[C@H]3CC[C@]12C. The molecular weight excluding hydrogens is 716 g/mol. The van der Waals surface area contributed by atoms with E-state index >= 15 is 0 Å². The van der Waals surface area contributed by atoms with Crippen LogP contribution in [0.25, 0.3) is 0 Å². The highest BCUT2D eigenvalue weighted by molar-refractivity contribution is 5.33. The molecule has 55 heavy (non-hydrogen) atoms. The van der Waals surface area contributed by atoms with Crippen LogP contribution < -0.4 is 0 Å². The molecule has 19 atom stereocenters. The summed E-state index contributed by atoms with van der Waals surface area (Å²) in [5, 5.41) is 104. The number of hydrogen-bond acceptors (Lipinski definition) is 14. The van der Waals surface area contributed by atoms with Gasteiger partial charge in [0, 0.05) is 11.8 Å². The summed E-state index contributed by atoms with van der Waals surface area (Å²) in [6.45, 7) is 9.62. The summed E-state index contributed by atoms with van der Waals surface area (Å²) in [4.78, 5) is 0. The number of fused-ring (bicyclic) bond motifs is 5. The molecule has 4 aliphatic carbocycles.